The van der Waals surface area contributed by atoms with Gasteiger partial charge in [-0.2, -0.15) is 0 Å². The summed E-state index contributed by atoms with van der Waals surface area (Å²) >= 11 is 0. The first-order chi connectivity index (χ1) is 12.7. The lowest BCUT2D eigenvalue weighted by atomic mass is 9.96. The maximum atomic E-state index is 13.0. The van der Waals surface area contributed by atoms with Crippen molar-refractivity contribution < 1.29 is 13.6 Å². The number of aromatic nitrogens is 3. The van der Waals surface area contributed by atoms with Crippen molar-refractivity contribution >= 4 is 5.91 Å². The van der Waals surface area contributed by atoms with Crippen LogP contribution < -0.4 is 0 Å². The fraction of sp³-hybridized carbons (Fsp3) is 0.263. The van der Waals surface area contributed by atoms with Crippen molar-refractivity contribution in [1.29, 1.82) is 0 Å². The Bertz CT molecular complexity index is 887. The van der Waals surface area contributed by atoms with Gasteiger partial charge in [-0.25, -0.2) is 4.39 Å². The van der Waals surface area contributed by atoms with Crippen molar-refractivity contribution in [2.75, 3.05) is 13.1 Å². The highest BCUT2D eigenvalue weighted by Crippen LogP contribution is 2.29. The van der Waals surface area contributed by atoms with E-state index in [2.05, 4.69) is 15.2 Å². The summed E-state index contributed by atoms with van der Waals surface area (Å²) in [6.45, 7) is 1.24. The third-order valence-electron chi connectivity index (χ3n) is 4.55. The molecule has 0 N–H and O–H groups in total. The van der Waals surface area contributed by atoms with Gasteiger partial charge in [0, 0.05) is 30.8 Å². The molecule has 0 radical (unpaired) electrons. The number of amides is 1. The number of carbonyl (C=O) groups is 1. The van der Waals surface area contributed by atoms with Gasteiger partial charge in [0.2, 0.25) is 11.8 Å². The third kappa shape index (κ3) is 3.33. The summed E-state index contributed by atoms with van der Waals surface area (Å²) in [5.74, 6) is 0.700. The Balaban J connectivity index is 1.41. The van der Waals surface area contributed by atoms with Crippen LogP contribution in [0.4, 0.5) is 4.39 Å². The van der Waals surface area contributed by atoms with Gasteiger partial charge in [0.05, 0.1) is 0 Å². The minimum Gasteiger partial charge on any atom is -0.420 e. The van der Waals surface area contributed by atoms with Crippen LogP contribution >= 0.6 is 0 Å². The highest BCUT2D eigenvalue weighted by Gasteiger charge is 2.28. The number of nitrogens with zero attached hydrogens (tertiary/aromatic N) is 4. The molecule has 0 spiro atoms. The Labute approximate surface area is 149 Å². The lowest BCUT2D eigenvalue weighted by molar-refractivity contribution is 0.0700. The van der Waals surface area contributed by atoms with E-state index in [4.69, 9.17) is 4.42 Å². The van der Waals surface area contributed by atoms with Gasteiger partial charge in [-0.1, -0.05) is 6.07 Å². The lowest BCUT2D eigenvalue weighted by Crippen LogP contribution is -2.38. The molecule has 0 bridgehead atoms. The van der Waals surface area contributed by atoms with Gasteiger partial charge >= 0.3 is 0 Å². The van der Waals surface area contributed by atoms with Gasteiger partial charge < -0.3 is 9.32 Å². The van der Waals surface area contributed by atoms with Crippen LogP contribution in [0.25, 0.3) is 11.5 Å². The molecule has 132 valence electrons. The molecule has 4 rings (SSSR count). The van der Waals surface area contributed by atoms with E-state index >= 15 is 0 Å². The summed E-state index contributed by atoms with van der Waals surface area (Å²) < 4.78 is 18.8. The fourth-order valence-corrected chi connectivity index (χ4v) is 3.09. The zero-order chi connectivity index (χ0) is 17.9. The van der Waals surface area contributed by atoms with Crippen LogP contribution in [0, 0.1) is 5.82 Å². The fourth-order valence-electron chi connectivity index (χ4n) is 3.09. The number of likely N-dealkylation sites (tertiary alicyclic amines) is 1. The molecule has 1 amide bonds. The molecule has 0 saturated carbocycles. The van der Waals surface area contributed by atoms with E-state index in [1.54, 1.807) is 35.4 Å². The summed E-state index contributed by atoms with van der Waals surface area (Å²) in [5, 5.41) is 8.20. The van der Waals surface area contributed by atoms with Crippen LogP contribution in [-0.2, 0) is 0 Å². The first-order valence-electron chi connectivity index (χ1n) is 8.50. The van der Waals surface area contributed by atoms with E-state index in [0.717, 1.165) is 12.8 Å². The van der Waals surface area contributed by atoms with E-state index in [1.807, 2.05) is 6.07 Å². The molecule has 2 aromatic heterocycles. The molecule has 3 heterocycles. The number of carbonyl (C=O) groups excluding carboxylic acids is 1. The van der Waals surface area contributed by atoms with Crippen molar-refractivity contribution in [3.05, 3.63) is 66.1 Å². The smallest absolute Gasteiger partial charge is 0.272 e. The van der Waals surface area contributed by atoms with Crippen LogP contribution in [-0.4, -0.2) is 39.1 Å². The molecule has 7 heteroatoms. The number of halogens is 1. The molecule has 0 atom stereocenters. The van der Waals surface area contributed by atoms with E-state index in [0.29, 0.717) is 36.1 Å². The lowest BCUT2D eigenvalue weighted by Gasteiger charge is -2.30. The predicted molar refractivity (Wildman–Crippen MR) is 91.8 cm³/mol. The molecule has 1 aliphatic rings. The molecule has 6 nitrogen and oxygen atoms in total. The second-order valence-corrected chi connectivity index (χ2v) is 6.23. The molecule has 3 aromatic rings. The Hall–Kier alpha value is -3.09. The third-order valence-corrected chi connectivity index (χ3v) is 4.55. The minimum absolute atomic E-state index is 0.0541. The Morgan fingerprint density at radius 1 is 1.08 bits per heavy atom. The Kier molecular flexibility index (Phi) is 4.43. The average Bonchev–Trinajstić information content (AvgIpc) is 3.19. The highest BCUT2D eigenvalue weighted by molar-refractivity contribution is 5.92. The monoisotopic (exact) mass is 352 g/mol. The number of rotatable bonds is 3. The van der Waals surface area contributed by atoms with Gasteiger partial charge in [-0.3, -0.25) is 9.78 Å². The maximum Gasteiger partial charge on any atom is 0.272 e. The van der Waals surface area contributed by atoms with Gasteiger partial charge in [-0.15, -0.1) is 10.2 Å². The molecular formula is C19H17FN4O2. The molecule has 26 heavy (non-hydrogen) atoms. The molecular weight excluding hydrogens is 335 g/mol. The van der Waals surface area contributed by atoms with E-state index in [-0.39, 0.29) is 17.6 Å². The van der Waals surface area contributed by atoms with Crippen molar-refractivity contribution in [2.24, 2.45) is 0 Å². The van der Waals surface area contributed by atoms with Crippen molar-refractivity contribution in [3.63, 3.8) is 0 Å². The van der Waals surface area contributed by atoms with Crippen LogP contribution in [0.2, 0.25) is 0 Å². The first kappa shape index (κ1) is 16.4. The molecule has 1 fully saturated rings. The van der Waals surface area contributed by atoms with Gasteiger partial charge in [0.15, 0.2) is 0 Å². The average molecular weight is 352 g/mol. The largest absolute Gasteiger partial charge is 0.420 e. The number of hydrogen-bond acceptors (Lipinski definition) is 5. The highest BCUT2D eigenvalue weighted by atomic mass is 19.1. The molecule has 0 unspecified atom stereocenters. The molecule has 1 aromatic carbocycles. The van der Waals surface area contributed by atoms with Crippen molar-refractivity contribution in [3.8, 4) is 11.5 Å². The molecule has 1 saturated heterocycles. The number of hydrogen-bond donors (Lipinski definition) is 0. The van der Waals surface area contributed by atoms with Crippen molar-refractivity contribution in [2.45, 2.75) is 18.8 Å². The van der Waals surface area contributed by atoms with E-state index in [9.17, 15) is 9.18 Å². The summed E-state index contributed by atoms with van der Waals surface area (Å²) in [6.07, 6.45) is 3.13. The van der Waals surface area contributed by atoms with Crippen LogP contribution in [0.1, 0.15) is 35.1 Å². The standard InChI is InChI=1S/C19H17FN4O2/c20-15-6-4-13(5-7-15)17-22-23-18(26-17)14-8-11-24(12-9-14)19(25)16-3-1-2-10-21-16/h1-7,10,14H,8-9,11-12H2. The molecule has 1 aliphatic heterocycles. The van der Waals surface area contributed by atoms with Gasteiger partial charge in [-0.05, 0) is 49.2 Å². The Morgan fingerprint density at radius 3 is 2.54 bits per heavy atom. The normalized spacial score (nSPS) is 15.2. The summed E-state index contributed by atoms with van der Waals surface area (Å²) in [6, 6.07) is 11.3. The Morgan fingerprint density at radius 2 is 1.85 bits per heavy atom. The first-order valence-corrected chi connectivity index (χ1v) is 8.50. The quantitative estimate of drug-likeness (QED) is 0.723. The minimum atomic E-state index is -0.307. The second kappa shape index (κ2) is 7.03. The van der Waals surface area contributed by atoms with Crippen LogP contribution in [0.15, 0.2) is 53.1 Å². The van der Waals surface area contributed by atoms with Gasteiger partial charge in [0.25, 0.3) is 5.91 Å². The summed E-state index contributed by atoms with van der Waals surface area (Å²) in [5.41, 5.74) is 1.15. The van der Waals surface area contributed by atoms with Gasteiger partial charge in [0.1, 0.15) is 11.5 Å². The van der Waals surface area contributed by atoms with Crippen molar-refractivity contribution in [1.82, 2.24) is 20.1 Å². The predicted octanol–water partition coefficient (Wildman–Crippen LogP) is 3.29. The number of piperidine rings is 1. The number of pyridine rings is 1. The van der Waals surface area contributed by atoms with E-state index < -0.39 is 0 Å². The SMILES string of the molecule is O=C(c1ccccn1)N1CCC(c2nnc(-c3ccc(F)cc3)o2)CC1. The second-order valence-electron chi connectivity index (χ2n) is 6.23. The zero-order valence-corrected chi connectivity index (χ0v) is 14.0. The molecule has 0 aliphatic carbocycles. The summed E-state index contributed by atoms with van der Waals surface area (Å²) in [4.78, 5) is 18.4. The number of benzene rings is 1. The maximum absolute atomic E-state index is 13.0. The summed E-state index contributed by atoms with van der Waals surface area (Å²) in [7, 11) is 0. The zero-order valence-electron chi connectivity index (χ0n) is 14.0. The van der Waals surface area contributed by atoms with E-state index in [1.165, 1.54) is 12.1 Å². The van der Waals surface area contributed by atoms with Crippen LogP contribution in [0.3, 0.4) is 0 Å². The van der Waals surface area contributed by atoms with Crippen LogP contribution in [0.5, 0.6) is 0 Å². The topological polar surface area (TPSA) is 72.1 Å².